The number of hydrogen-bond donors (Lipinski definition) is 2. The Morgan fingerprint density at radius 3 is 1.82 bits per heavy atom. The molecule has 0 saturated carbocycles. The van der Waals surface area contributed by atoms with Gasteiger partial charge in [-0.15, -0.1) is 0 Å². The quantitative estimate of drug-likeness (QED) is 0.586. The number of aromatic nitrogens is 1. The lowest BCUT2D eigenvalue weighted by Crippen LogP contribution is -2.13. The third-order valence-corrected chi connectivity index (χ3v) is 3.87. The predicted octanol–water partition coefficient (Wildman–Crippen LogP) is 4.87. The highest BCUT2D eigenvalue weighted by Gasteiger charge is 2.08. The zero-order chi connectivity index (χ0) is 19.8. The van der Waals surface area contributed by atoms with Gasteiger partial charge in [0.05, 0.1) is 25.1 Å². The van der Waals surface area contributed by atoms with Crippen molar-refractivity contribution in [3.63, 3.8) is 0 Å². The zero-order valence-electron chi connectivity index (χ0n) is 15.9. The van der Waals surface area contributed by atoms with Gasteiger partial charge in [-0.2, -0.15) is 0 Å². The first-order valence-corrected chi connectivity index (χ1v) is 9.18. The Hall–Kier alpha value is -3.54. The summed E-state index contributed by atoms with van der Waals surface area (Å²) in [6.07, 6.45) is 1.63. The summed E-state index contributed by atoms with van der Waals surface area (Å²) in [5.41, 5.74) is 2.73. The van der Waals surface area contributed by atoms with Crippen LogP contribution in [0.5, 0.6) is 11.5 Å². The number of pyridine rings is 1. The van der Waals surface area contributed by atoms with Crippen LogP contribution in [-0.2, 0) is 0 Å². The molecule has 3 rings (SSSR count). The van der Waals surface area contributed by atoms with Crippen LogP contribution in [0.4, 0.5) is 17.1 Å². The Kier molecular flexibility index (Phi) is 6.46. The van der Waals surface area contributed by atoms with Gasteiger partial charge in [0, 0.05) is 11.4 Å². The molecule has 0 bridgehead atoms. The minimum Gasteiger partial charge on any atom is -0.494 e. The van der Waals surface area contributed by atoms with Crippen molar-refractivity contribution in [1.29, 1.82) is 0 Å². The van der Waals surface area contributed by atoms with Crippen LogP contribution in [-0.4, -0.2) is 24.1 Å². The van der Waals surface area contributed by atoms with Crippen LogP contribution in [0.2, 0.25) is 0 Å². The van der Waals surface area contributed by atoms with Crippen molar-refractivity contribution in [3.8, 4) is 11.5 Å². The minimum atomic E-state index is -0.267. The van der Waals surface area contributed by atoms with Gasteiger partial charge < -0.3 is 20.1 Å². The molecular formula is C22H23N3O3. The van der Waals surface area contributed by atoms with Crippen LogP contribution in [0.25, 0.3) is 0 Å². The van der Waals surface area contributed by atoms with Crippen LogP contribution in [0.1, 0.15) is 24.3 Å². The van der Waals surface area contributed by atoms with Crippen molar-refractivity contribution >= 4 is 23.0 Å². The molecule has 1 aromatic heterocycles. The second kappa shape index (κ2) is 9.41. The molecule has 2 aromatic carbocycles. The maximum Gasteiger partial charge on any atom is 0.274 e. The Morgan fingerprint density at radius 2 is 1.32 bits per heavy atom. The van der Waals surface area contributed by atoms with Crippen molar-refractivity contribution in [3.05, 3.63) is 72.6 Å². The summed E-state index contributed by atoms with van der Waals surface area (Å²) in [6.45, 7) is 5.12. The third-order valence-electron chi connectivity index (χ3n) is 3.87. The number of nitrogens with zero attached hydrogens (tertiary/aromatic N) is 1. The predicted molar refractivity (Wildman–Crippen MR) is 111 cm³/mol. The van der Waals surface area contributed by atoms with Gasteiger partial charge in [0.2, 0.25) is 0 Å². The number of carbonyl (C=O) groups excluding carboxylic acids is 1. The van der Waals surface area contributed by atoms with Crippen LogP contribution in [0.3, 0.4) is 0 Å². The molecule has 0 aliphatic rings. The van der Waals surface area contributed by atoms with Gasteiger partial charge in [-0.3, -0.25) is 4.79 Å². The summed E-state index contributed by atoms with van der Waals surface area (Å²) in [5, 5.41) is 6.07. The van der Waals surface area contributed by atoms with E-state index in [0.717, 1.165) is 22.9 Å². The van der Waals surface area contributed by atoms with Crippen LogP contribution >= 0.6 is 0 Å². The number of carbonyl (C=O) groups is 1. The fourth-order valence-electron chi connectivity index (χ4n) is 2.57. The van der Waals surface area contributed by atoms with Gasteiger partial charge in [-0.1, -0.05) is 0 Å². The molecule has 1 amide bonds. The summed E-state index contributed by atoms with van der Waals surface area (Å²) in [6, 6.07) is 18.4. The number of amides is 1. The van der Waals surface area contributed by atoms with Crippen molar-refractivity contribution in [2.24, 2.45) is 0 Å². The van der Waals surface area contributed by atoms with Gasteiger partial charge in [-0.05, 0) is 74.5 Å². The average Bonchev–Trinajstić information content (AvgIpc) is 2.72. The van der Waals surface area contributed by atoms with E-state index in [0.29, 0.717) is 24.6 Å². The van der Waals surface area contributed by atoms with Gasteiger partial charge in [0.25, 0.3) is 5.91 Å². The second-order valence-electron chi connectivity index (χ2n) is 5.93. The van der Waals surface area contributed by atoms with Crippen LogP contribution in [0.15, 0.2) is 66.9 Å². The largest absolute Gasteiger partial charge is 0.494 e. The van der Waals surface area contributed by atoms with Gasteiger partial charge in [0.1, 0.15) is 17.2 Å². The highest BCUT2D eigenvalue weighted by molar-refractivity contribution is 6.03. The molecular weight excluding hydrogens is 354 g/mol. The summed E-state index contributed by atoms with van der Waals surface area (Å²) in [7, 11) is 0. The Balaban J connectivity index is 1.59. The first-order chi connectivity index (χ1) is 13.7. The van der Waals surface area contributed by atoms with Crippen LogP contribution < -0.4 is 20.1 Å². The van der Waals surface area contributed by atoms with E-state index in [-0.39, 0.29) is 5.91 Å². The van der Waals surface area contributed by atoms with Gasteiger partial charge in [-0.25, -0.2) is 4.98 Å². The standard InChI is InChI=1S/C22H23N3O3/c1-3-27-19-10-5-16(6-11-19)24-18-9-14-21(23-15-18)22(26)25-17-7-12-20(13-8-17)28-4-2/h5-15,24H,3-4H2,1-2H3,(H,25,26). The molecule has 0 aliphatic heterocycles. The molecule has 0 spiro atoms. The lowest BCUT2D eigenvalue weighted by Gasteiger charge is -2.09. The SMILES string of the molecule is CCOc1ccc(NC(=O)c2ccc(Nc3ccc(OCC)cc3)cn2)cc1. The number of benzene rings is 2. The topological polar surface area (TPSA) is 72.5 Å². The molecule has 3 aromatic rings. The molecule has 0 aliphatic carbocycles. The molecule has 1 heterocycles. The van der Waals surface area contributed by atoms with Gasteiger partial charge >= 0.3 is 0 Å². The van der Waals surface area contributed by atoms with Crippen molar-refractivity contribution < 1.29 is 14.3 Å². The average molecular weight is 377 g/mol. The Bertz CT molecular complexity index is 892. The number of ether oxygens (including phenoxy) is 2. The van der Waals surface area contributed by atoms with E-state index in [1.807, 2.05) is 56.3 Å². The number of anilines is 3. The zero-order valence-corrected chi connectivity index (χ0v) is 15.9. The lowest BCUT2D eigenvalue weighted by atomic mass is 10.2. The van der Waals surface area contributed by atoms with E-state index in [1.165, 1.54) is 0 Å². The number of hydrogen-bond acceptors (Lipinski definition) is 5. The summed E-state index contributed by atoms with van der Waals surface area (Å²) in [4.78, 5) is 16.6. The molecule has 0 unspecified atom stereocenters. The van der Waals surface area contributed by atoms with Crippen LogP contribution in [0, 0.1) is 0 Å². The van der Waals surface area contributed by atoms with Crippen molar-refractivity contribution in [2.45, 2.75) is 13.8 Å². The van der Waals surface area contributed by atoms with Crippen molar-refractivity contribution in [1.82, 2.24) is 4.98 Å². The van der Waals surface area contributed by atoms with E-state index >= 15 is 0 Å². The first-order valence-electron chi connectivity index (χ1n) is 9.18. The minimum absolute atomic E-state index is 0.267. The highest BCUT2D eigenvalue weighted by atomic mass is 16.5. The fourth-order valence-corrected chi connectivity index (χ4v) is 2.57. The second-order valence-corrected chi connectivity index (χ2v) is 5.93. The summed E-state index contributed by atoms with van der Waals surface area (Å²) < 4.78 is 10.8. The van der Waals surface area contributed by atoms with E-state index < -0.39 is 0 Å². The highest BCUT2D eigenvalue weighted by Crippen LogP contribution is 2.20. The molecule has 6 heteroatoms. The lowest BCUT2D eigenvalue weighted by molar-refractivity contribution is 0.102. The molecule has 0 atom stereocenters. The maximum atomic E-state index is 12.4. The summed E-state index contributed by atoms with van der Waals surface area (Å²) >= 11 is 0. The molecule has 28 heavy (non-hydrogen) atoms. The maximum absolute atomic E-state index is 12.4. The molecule has 2 N–H and O–H groups in total. The normalized spacial score (nSPS) is 10.2. The molecule has 0 fully saturated rings. The Labute approximate surface area is 164 Å². The first kappa shape index (κ1) is 19.2. The van der Waals surface area contributed by atoms with Crippen molar-refractivity contribution in [2.75, 3.05) is 23.8 Å². The molecule has 0 saturated heterocycles. The Morgan fingerprint density at radius 1 is 0.786 bits per heavy atom. The van der Waals surface area contributed by atoms with Gasteiger partial charge in [0.15, 0.2) is 0 Å². The number of nitrogens with one attached hydrogen (secondary N) is 2. The number of rotatable bonds is 8. The summed E-state index contributed by atoms with van der Waals surface area (Å²) in [5.74, 6) is 1.33. The van der Waals surface area contributed by atoms with E-state index in [1.54, 1.807) is 24.4 Å². The van der Waals surface area contributed by atoms with E-state index in [9.17, 15) is 4.79 Å². The third kappa shape index (κ3) is 5.23. The fraction of sp³-hybridized carbons (Fsp3) is 0.182. The van der Waals surface area contributed by atoms with E-state index in [2.05, 4.69) is 15.6 Å². The van der Waals surface area contributed by atoms with E-state index in [4.69, 9.17) is 9.47 Å². The smallest absolute Gasteiger partial charge is 0.274 e. The molecule has 0 radical (unpaired) electrons. The monoisotopic (exact) mass is 377 g/mol. The molecule has 6 nitrogen and oxygen atoms in total. The molecule has 144 valence electrons.